The van der Waals surface area contributed by atoms with Crippen LogP contribution < -0.4 is 4.74 Å². The molecule has 0 bridgehead atoms. The predicted molar refractivity (Wildman–Crippen MR) is 107 cm³/mol. The quantitative estimate of drug-likeness (QED) is 0.354. The first-order valence-electron chi connectivity index (χ1n) is 9.87. The van der Waals surface area contributed by atoms with Gasteiger partial charge in [-0.15, -0.1) is 0 Å². The molecular formula is C24H28F2O. The standard InChI is InChI=1S/C24H28F2O/c1-3-5-7-8-9-19-10-12-20(13-11-19)14-15-21-16-17-22(24(26)23(21)25)27-18-6-4-2/h10-13,16-17H,3-9,18H2,1-2H3. The Hall–Kier alpha value is -2.34. The maximum atomic E-state index is 14.2. The molecule has 2 aromatic carbocycles. The van der Waals surface area contributed by atoms with E-state index in [1.165, 1.54) is 43.4 Å². The molecule has 0 aliphatic rings. The summed E-state index contributed by atoms with van der Waals surface area (Å²) in [4.78, 5) is 0. The van der Waals surface area contributed by atoms with Crippen LogP contribution >= 0.6 is 0 Å². The van der Waals surface area contributed by atoms with Crippen LogP contribution in [-0.4, -0.2) is 6.61 Å². The van der Waals surface area contributed by atoms with Crippen LogP contribution in [0, 0.1) is 23.5 Å². The Morgan fingerprint density at radius 2 is 1.52 bits per heavy atom. The lowest BCUT2D eigenvalue weighted by atomic mass is 10.0. The molecule has 2 aromatic rings. The first-order chi connectivity index (χ1) is 13.2. The Kier molecular flexibility index (Phi) is 8.84. The zero-order chi connectivity index (χ0) is 19.5. The van der Waals surface area contributed by atoms with Crippen LogP contribution in [0.15, 0.2) is 36.4 Å². The van der Waals surface area contributed by atoms with Crippen LogP contribution in [0.1, 0.15) is 69.1 Å². The van der Waals surface area contributed by atoms with Crippen molar-refractivity contribution in [2.45, 2.75) is 58.8 Å². The van der Waals surface area contributed by atoms with E-state index in [1.807, 2.05) is 19.1 Å². The van der Waals surface area contributed by atoms with E-state index in [4.69, 9.17) is 4.74 Å². The second-order valence-electron chi connectivity index (χ2n) is 6.70. The summed E-state index contributed by atoms with van der Waals surface area (Å²) in [6.45, 7) is 4.59. The van der Waals surface area contributed by atoms with Gasteiger partial charge in [-0.3, -0.25) is 0 Å². The van der Waals surface area contributed by atoms with Crippen molar-refractivity contribution < 1.29 is 13.5 Å². The fraction of sp³-hybridized carbons (Fsp3) is 0.417. The second kappa shape index (κ2) is 11.4. The first kappa shape index (κ1) is 21.0. The number of ether oxygens (including phenoxy) is 1. The van der Waals surface area contributed by atoms with Gasteiger partial charge in [0.1, 0.15) is 0 Å². The van der Waals surface area contributed by atoms with Gasteiger partial charge in [0.15, 0.2) is 11.6 Å². The van der Waals surface area contributed by atoms with Crippen molar-refractivity contribution in [1.82, 2.24) is 0 Å². The Balaban J connectivity index is 2.01. The van der Waals surface area contributed by atoms with E-state index in [-0.39, 0.29) is 11.3 Å². The third kappa shape index (κ3) is 6.71. The van der Waals surface area contributed by atoms with Gasteiger partial charge in [0.05, 0.1) is 12.2 Å². The van der Waals surface area contributed by atoms with Crippen LogP contribution in [0.4, 0.5) is 8.78 Å². The van der Waals surface area contributed by atoms with E-state index < -0.39 is 11.6 Å². The summed E-state index contributed by atoms with van der Waals surface area (Å²) >= 11 is 0. The lowest BCUT2D eigenvalue weighted by Crippen LogP contribution is -2.01. The molecule has 0 heterocycles. The van der Waals surface area contributed by atoms with Crippen molar-refractivity contribution >= 4 is 0 Å². The largest absolute Gasteiger partial charge is 0.490 e. The molecule has 3 heteroatoms. The van der Waals surface area contributed by atoms with Gasteiger partial charge in [-0.1, -0.05) is 63.5 Å². The molecular weight excluding hydrogens is 342 g/mol. The van der Waals surface area contributed by atoms with Crippen LogP contribution in [0.2, 0.25) is 0 Å². The van der Waals surface area contributed by atoms with Gasteiger partial charge in [-0.05, 0) is 49.1 Å². The summed E-state index contributed by atoms with van der Waals surface area (Å²) in [7, 11) is 0. The molecule has 0 aliphatic heterocycles. The third-order valence-electron chi connectivity index (χ3n) is 4.42. The molecule has 0 N–H and O–H groups in total. The normalized spacial score (nSPS) is 10.4. The molecule has 0 atom stereocenters. The molecule has 0 fully saturated rings. The van der Waals surface area contributed by atoms with E-state index in [0.717, 1.165) is 24.8 Å². The Bertz CT molecular complexity index is 769. The molecule has 0 aliphatic carbocycles. The first-order valence-corrected chi connectivity index (χ1v) is 9.87. The molecule has 144 valence electrons. The number of benzene rings is 2. The van der Waals surface area contributed by atoms with E-state index in [2.05, 4.69) is 30.9 Å². The molecule has 0 amide bonds. The predicted octanol–water partition coefficient (Wildman–Crippen LogP) is 6.67. The lowest BCUT2D eigenvalue weighted by Gasteiger charge is -2.07. The molecule has 2 rings (SSSR count). The van der Waals surface area contributed by atoms with Gasteiger partial charge < -0.3 is 4.74 Å². The molecule has 0 saturated heterocycles. The number of unbranched alkanes of at least 4 members (excludes halogenated alkanes) is 4. The summed E-state index contributed by atoms with van der Waals surface area (Å²) in [5.74, 6) is 3.65. The summed E-state index contributed by atoms with van der Waals surface area (Å²) in [6.07, 6.45) is 7.75. The van der Waals surface area contributed by atoms with Crippen LogP contribution in [0.3, 0.4) is 0 Å². The topological polar surface area (TPSA) is 9.23 Å². The molecule has 0 unspecified atom stereocenters. The SMILES string of the molecule is CCCCCCc1ccc(C#Cc2ccc(OCCCC)c(F)c2F)cc1. The smallest absolute Gasteiger partial charge is 0.201 e. The fourth-order valence-electron chi connectivity index (χ4n) is 2.72. The molecule has 0 aromatic heterocycles. The van der Waals surface area contributed by atoms with E-state index in [0.29, 0.717) is 6.61 Å². The molecule has 0 saturated carbocycles. The maximum Gasteiger partial charge on any atom is 0.201 e. The van der Waals surface area contributed by atoms with Gasteiger partial charge in [0.25, 0.3) is 0 Å². The Labute approximate surface area is 161 Å². The van der Waals surface area contributed by atoms with Crippen LogP contribution in [-0.2, 0) is 6.42 Å². The number of rotatable bonds is 9. The minimum atomic E-state index is -0.972. The zero-order valence-corrected chi connectivity index (χ0v) is 16.3. The van der Waals surface area contributed by atoms with Crippen molar-refractivity contribution in [2.24, 2.45) is 0 Å². The van der Waals surface area contributed by atoms with E-state index in [1.54, 1.807) is 0 Å². The number of hydrogen-bond donors (Lipinski definition) is 0. The third-order valence-corrected chi connectivity index (χ3v) is 4.42. The number of aryl methyl sites for hydroxylation is 1. The Morgan fingerprint density at radius 3 is 2.22 bits per heavy atom. The van der Waals surface area contributed by atoms with Crippen molar-refractivity contribution in [1.29, 1.82) is 0 Å². The van der Waals surface area contributed by atoms with Gasteiger partial charge in [0.2, 0.25) is 5.82 Å². The van der Waals surface area contributed by atoms with Crippen molar-refractivity contribution in [2.75, 3.05) is 6.61 Å². The average molecular weight is 370 g/mol. The summed E-state index contributed by atoms with van der Waals surface area (Å²) < 4.78 is 33.5. The molecule has 0 radical (unpaired) electrons. The molecule has 0 spiro atoms. The minimum Gasteiger partial charge on any atom is -0.490 e. The highest BCUT2D eigenvalue weighted by Crippen LogP contribution is 2.22. The van der Waals surface area contributed by atoms with Crippen LogP contribution in [0.25, 0.3) is 0 Å². The van der Waals surface area contributed by atoms with E-state index >= 15 is 0 Å². The summed E-state index contributed by atoms with van der Waals surface area (Å²) in [6, 6.07) is 10.9. The fourth-order valence-corrected chi connectivity index (χ4v) is 2.72. The van der Waals surface area contributed by atoms with Gasteiger partial charge >= 0.3 is 0 Å². The van der Waals surface area contributed by atoms with Crippen molar-refractivity contribution in [3.63, 3.8) is 0 Å². The Morgan fingerprint density at radius 1 is 0.778 bits per heavy atom. The highest BCUT2D eigenvalue weighted by Gasteiger charge is 2.13. The number of hydrogen-bond acceptors (Lipinski definition) is 1. The molecule has 1 nitrogen and oxygen atoms in total. The van der Waals surface area contributed by atoms with Crippen LogP contribution in [0.5, 0.6) is 5.75 Å². The van der Waals surface area contributed by atoms with Crippen molar-refractivity contribution in [3.8, 4) is 17.6 Å². The summed E-state index contributed by atoms with van der Waals surface area (Å²) in [5, 5.41) is 0. The average Bonchev–Trinajstić information content (AvgIpc) is 2.69. The van der Waals surface area contributed by atoms with E-state index in [9.17, 15) is 8.78 Å². The van der Waals surface area contributed by atoms with Crippen molar-refractivity contribution in [3.05, 3.63) is 64.7 Å². The highest BCUT2D eigenvalue weighted by atomic mass is 19.2. The monoisotopic (exact) mass is 370 g/mol. The molecule has 27 heavy (non-hydrogen) atoms. The van der Waals surface area contributed by atoms with Gasteiger partial charge in [0, 0.05) is 5.56 Å². The zero-order valence-electron chi connectivity index (χ0n) is 16.3. The van der Waals surface area contributed by atoms with Gasteiger partial charge in [-0.25, -0.2) is 4.39 Å². The highest BCUT2D eigenvalue weighted by molar-refractivity contribution is 5.46. The maximum absolute atomic E-state index is 14.2. The minimum absolute atomic E-state index is 0.0407. The summed E-state index contributed by atoms with van der Waals surface area (Å²) in [5.41, 5.74) is 2.11. The number of halogens is 2. The van der Waals surface area contributed by atoms with Gasteiger partial charge in [-0.2, -0.15) is 4.39 Å². The lowest BCUT2D eigenvalue weighted by molar-refractivity contribution is 0.288. The second-order valence-corrected chi connectivity index (χ2v) is 6.70.